The van der Waals surface area contributed by atoms with Crippen LogP contribution in [0.4, 0.5) is 0 Å². The Labute approximate surface area is 121 Å². The molecule has 0 aliphatic heterocycles. The van der Waals surface area contributed by atoms with Crippen LogP contribution in [0.5, 0.6) is 0 Å². The van der Waals surface area contributed by atoms with E-state index >= 15 is 0 Å². The second kappa shape index (κ2) is 8.32. The fourth-order valence-corrected chi connectivity index (χ4v) is 4.74. The van der Waals surface area contributed by atoms with Crippen molar-refractivity contribution < 1.29 is 0 Å². The van der Waals surface area contributed by atoms with Gasteiger partial charge in [-0.25, -0.2) is 0 Å². The number of rotatable bonds is 3. The predicted octanol–water partition coefficient (Wildman–Crippen LogP) is 6.59. The zero-order valence-electron chi connectivity index (χ0n) is 13.5. The summed E-state index contributed by atoms with van der Waals surface area (Å²) in [5.41, 5.74) is 0. The van der Waals surface area contributed by atoms with Gasteiger partial charge >= 0.3 is 0 Å². The van der Waals surface area contributed by atoms with Gasteiger partial charge in [0.25, 0.3) is 0 Å². The van der Waals surface area contributed by atoms with Gasteiger partial charge in [0.2, 0.25) is 0 Å². The van der Waals surface area contributed by atoms with E-state index in [9.17, 15) is 0 Å². The second-order valence-corrected chi connectivity index (χ2v) is 7.44. The van der Waals surface area contributed by atoms with Gasteiger partial charge in [0, 0.05) is 0 Å². The molecule has 0 N–H and O–H groups in total. The Kier molecular flexibility index (Phi) is 6.74. The average molecular weight is 264 g/mol. The summed E-state index contributed by atoms with van der Waals surface area (Å²) in [4.78, 5) is 0. The Balaban J connectivity index is 1.79. The Morgan fingerprint density at radius 1 is 0.526 bits per heavy atom. The molecule has 0 heteroatoms. The molecule has 0 amide bonds. The van der Waals surface area contributed by atoms with Crippen molar-refractivity contribution in [3.63, 3.8) is 0 Å². The van der Waals surface area contributed by atoms with Gasteiger partial charge in [0.15, 0.2) is 0 Å². The van der Waals surface area contributed by atoms with Crippen LogP contribution in [0.3, 0.4) is 0 Å². The summed E-state index contributed by atoms with van der Waals surface area (Å²) in [5.74, 6) is 4.31. The number of hydrogen-bond donors (Lipinski definition) is 0. The van der Waals surface area contributed by atoms with E-state index < -0.39 is 0 Å². The molecule has 2 fully saturated rings. The first-order chi connectivity index (χ1) is 9.33. The van der Waals surface area contributed by atoms with Crippen molar-refractivity contribution in [3.05, 3.63) is 0 Å². The SMILES string of the molecule is CCC1CCCCC(C2CCC(CC)CC2)CCC1. The highest BCUT2D eigenvalue weighted by Crippen LogP contribution is 2.40. The molecule has 0 saturated heterocycles. The average Bonchev–Trinajstić information content (AvgIpc) is 2.59. The summed E-state index contributed by atoms with van der Waals surface area (Å²) in [5, 5.41) is 0. The fourth-order valence-electron chi connectivity index (χ4n) is 4.74. The second-order valence-electron chi connectivity index (χ2n) is 7.44. The highest BCUT2D eigenvalue weighted by atomic mass is 14.3. The third-order valence-corrected chi connectivity index (χ3v) is 6.34. The van der Waals surface area contributed by atoms with Gasteiger partial charge in [-0.3, -0.25) is 0 Å². The zero-order valence-corrected chi connectivity index (χ0v) is 13.5. The molecule has 0 radical (unpaired) electrons. The zero-order chi connectivity index (χ0) is 13.5. The van der Waals surface area contributed by atoms with E-state index in [0.717, 1.165) is 23.7 Å². The minimum absolute atomic E-state index is 1.05. The molecule has 0 bridgehead atoms. The molecule has 0 aromatic carbocycles. The molecule has 2 unspecified atom stereocenters. The van der Waals surface area contributed by atoms with Crippen molar-refractivity contribution in [3.8, 4) is 0 Å². The van der Waals surface area contributed by atoms with Gasteiger partial charge < -0.3 is 0 Å². The fraction of sp³-hybridized carbons (Fsp3) is 1.00. The molecule has 2 atom stereocenters. The molecule has 2 rings (SSSR count). The minimum Gasteiger partial charge on any atom is -0.0651 e. The van der Waals surface area contributed by atoms with E-state index in [4.69, 9.17) is 0 Å². The lowest BCUT2D eigenvalue weighted by atomic mass is 9.72. The monoisotopic (exact) mass is 264 g/mol. The smallest absolute Gasteiger partial charge is 0.0386 e. The van der Waals surface area contributed by atoms with Crippen LogP contribution < -0.4 is 0 Å². The maximum atomic E-state index is 2.39. The topological polar surface area (TPSA) is 0 Å². The first kappa shape index (κ1) is 15.4. The Hall–Kier alpha value is 0. The first-order valence-corrected chi connectivity index (χ1v) is 9.33. The molecule has 19 heavy (non-hydrogen) atoms. The normalized spacial score (nSPS) is 38.2. The standard InChI is InChI=1S/C19H36/c1-3-16-8-5-6-10-18(11-7-9-16)19-14-12-17(4-2)13-15-19/h16-19H,3-15H2,1-2H3. The van der Waals surface area contributed by atoms with E-state index in [-0.39, 0.29) is 0 Å². The van der Waals surface area contributed by atoms with Crippen LogP contribution in [0.25, 0.3) is 0 Å². The first-order valence-electron chi connectivity index (χ1n) is 9.33. The molecule has 0 heterocycles. The summed E-state index contributed by atoms with van der Waals surface area (Å²) in [7, 11) is 0. The molecule has 0 nitrogen and oxygen atoms in total. The van der Waals surface area contributed by atoms with Gasteiger partial charge in [0.05, 0.1) is 0 Å². The summed E-state index contributed by atoms with van der Waals surface area (Å²) >= 11 is 0. The quantitative estimate of drug-likeness (QED) is 0.539. The minimum atomic E-state index is 1.05. The van der Waals surface area contributed by atoms with Crippen molar-refractivity contribution in [2.75, 3.05) is 0 Å². The van der Waals surface area contributed by atoms with Crippen LogP contribution in [0.15, 0.2) is 0 Å². The van der Waals surface area contributed by atoms with Crippen molar-refractivity contribution in [2.45, 2.75) is 97.3 Å². The van der Waals surface area contributed by atoms with Crippen LogP contribution >= 0.6 is 0 Å². The van der Waals surface area contributed by atoms with Gasteiger partial charge in [-0.2, -0.15) is 0 Å². The number of hydrogen-bond acceptors (Lipinski definition) is 0. The molecule has 112 valence electrons. The third kappa shape index (κ3) is 4.80. The lowest BCUT2D eigenvalue weighted by Crippen LogP contribution is -2.21. The van der Waals surface area contributed by atoms with Crippen LogP contribution in [-0.2, 0) is 0 Å². The summed E-state index contributed by atoms with van der Waals surface area (Å²) in [6.07, 6.45) is 19.7. The molecule has 0 spiro atoms. The predicted molar refractivity (Wildman–Crippen MR) is 85.3 cm³/mol. The lowest BCUT2D eigenvalue weighted by molar-refractivity contribution is 0.181. The molecule has 0 aromatic heterocycles. The van der Waals surface area contributed by atoms with Gasteiger partial charge in [-0.15, -0.1) is 0 Å². The molecular weight excluding hydrogens is 228 g/mol. The molecular formula is C19H36. The summed E-state index contributed by atoms with van der Waals surface area (Å²) in [6, 6.07) is 0. The van der Waals surface area contributed by atoms with Gasteiger partial charge in [0.1, 0.15) is 0 Å². The van der Waals surface area contributed by atoms with E-state index in [1.165, 1.54) is 57.8 Å². The third-order valence-electron chi connectivity index (χ3n) is 6.34. The van der Waals surface area contributed by atoms with E-state index in [1.54, 1.807) is 25.7 Å². The van der Waals surface area contributed by atoms with Crippen molar-refractivity contribution in [1.82, 2.24) is 0 Å². The highest BCUT2D eigenvalue weighted by molar-refractivity contribution is 4.79. The van der Waals surface area contributed by atoms with Crippen LogP contribution in [0.2, 0.25) is 0 Å². The maximum Gasteiger partial charge on any atom is -0.0386 e. The Morgan fingerprint density at radius 3 is 1.68 bits per heavy atom. The van der Waals surface area contributed by atoms with Gasteiger partial charge in [-0.05, 0) is 36.5 Å². The van der Waals surface area contributed by atoms with E-state index in [0.29, 0.717) is 0 Å². The largest absolute Gasteiger partial charge is 0.0651 e. The molecule has 2 aliphatic rings. The van der Waals surface area contributed by atoms with Crippen molar-refractivity contribution >= 4 is 0 Å². The molecule has 2 saturated carbocycles. The molecule has 0 aromatic rings. The van der Waals surface area contributed by atoms with E-state index in [1.807, 2.05) is 0 Å². The Bertz CT molecular complexity index is 224. The van der Waals surface area contributed by atoms with Crippen molar-refractivity contribution in [2.24, 2.45) is 23.7 Å². The Morgan fingerprint density at radius 2 is 1.00 bits per heavy atom. The highest BCUT2D eigenvalue weighted by Gasteiger charge is 2.27. The van der Waals surface area contributed by atoms with Gasteiger partial charge in [-0.1, -0.05) is 84.5 Å². The van der Waals surface area contributed by atoms with Crippen LogP contribution in [-0.4, -0.2) is 0 Å². The van der Waals surface area contributed by atoms with Crippen molar-refractivity contribution in [1.29, 1.82) is 0 Å². The summed E-state index contributed by atoms with van der Waals surface area (Å²) in [6.45, 7) is 4.78. The lowest BCUT2D eigenvalue weighted by Gasteiger charge is -2.33. The maximum absolute atomic E-state index is 2.39. The van der Waals surface area contributed by atoms with E-state index in [2.05, 4.69) is 13.8 Å². The molecule has 2 aliphatic carbocycles. The van der Waals surface area contributed by atoms with Crippen LogP contribution in [0, 0.1) is 23.7 Å². The van der Waals surface area contributed by atoms with Crippen LogP contribution in [0.1, 0.15) is 97.3 Å². The summed E-state index contributed by atoms with van der Waals surface area (Å²) < 4.78 is 0.